The third kappa shape index (κ3) is 4.16. The molecule has 0 atom stereocenters. The Morgan fingerprint density at radius 3 is 3.00 bits per heavy atom. The lowest BCUT2D eigenvalue weighted by Crippen LogP contribution is -2.15. The maximum atomic E-state index is 10.4. The highest BCUT2D eigenvalue weighted by Gasteiger charge is 2.16. The highest BCUT2D eigenvalue weighted by atomic mass is 32.2. The van der Waals surface area contributed by atoms with E-state index in [1.54, 1.807) is 0 Å². The van der Waals surface area contributed by atoms with Crippen LogP contribution >= 0.6 is 23.1 Å². The predicted octanol–water partition coefficient (Wildman–Crippen LogP) is 2.32. The van der Waals surface area contributed by atoms with E-state index in [1.165, 1.54) is 48.8 Å². The molecule has 0 saturated heterocycles. The molecule has 0 radical (unpaired) electrons. The van der Waals surface area contributed by atoms with Crippen LogP contribution in [0.4, 0.5) is 5.13 Å². The summed E-state index contributed by atoms with van der Waals surface area (Å²) < 4.78 is 0.707. The Labute approximate surface area is 108 Å². The van der Waals surface area contributed by atoms with E-state index in [0.29, 0.717) is 4.34 Å². The summed E-state index contributed by atoms with van der Waals surface area (Å²) in [4.78, 5) is 10.4. The summed E-state index contributed by atoms with van der Waals surface area (Å²) in [6, 6.07) is 0. The molecule has 5 nitrogen and oxygen atoms in total. The van der Waals surface area contributed by atoms with Gasteiger partial charge in [0.1, 0.15) is 0 Å². The number of hydrogen-bond donors (Lipinski definition) is 2. The van der Waals surface area contributed by atoms with Gasteiger partial charge in [0.15, 0.2) is 4.34 Å². The number of thioether (sulfide) groups is 1. The van der Waals surface area contributed by atoms with Crippen LogP contribution in [0.25, 0.3) is 0 Å². The summed E-state index contributed by atoms with van der Waals surface area (Å²) >= 11 is 2.63. The quantitative estimate of drug-likeness (QED) is 0.743. The number of aromatic nitrogens is 2. The molecule has 1 saturated carbocycles. The molecule has 17 heavy (non-hydrogen) atoms. The molecule has 0 unspecified atom stereocenters. The summed E-state index contributed by atoms with van der Waals surface area (Å²) in [5.74, 6) is 0.0949. The molecule has 2 N–H and O–H groups in total. The summed E-state index contributed by atoms with van der Waals surface area (Å²) in [5, 5.41) is 20.5. The molecule has 2 rings (SSSR count). The van der Waals surface area contributed by atoms with E-state index in [0.717, 1.165) is 17.6 Å². The van der Waals surface area contributed by atoms with Crippen molar-refractivity contribution in [3.63, 3.8) is 0 Å². The smallest absolute Gasteiger partial charge is 0.313 e. The second-order valence-electron chi connectivity index (χ2n) is 4.07. The second kappa shape index (κ2) is 6.20. The van der Waals surface area contributed by atoms with Crippen molar-refractivity contribution in [3.8, 4) is 0 Å². The van der Waals surface area contributed by atoms with Crippen molar-refractivity contribution in [2.24, 2.45) is 5.92 Å². The highest BCUT2D eigenvalue weighted by Crippen LogP contribution is 2.30. The van der Waals surface area contributed by atoms with Crippen molar-refractivity contribution < 1.29 is 9.90 Å². The van der Waals surface area contributed by atoms with Gasteiger partial charge in [-0.25, -0.2) is 0 Å². The number of carboxylic acids is 1. The van der Waals surface area contributed by atoms with Crippen LogP contribution in [0, 0.1) is 5.92 Å². The molecule has 0 spiro atoms. The van der Waals surface area contributed by atoms with Gasteiger partial charge in [-0.05, 0) is 12.3 Å². The molecule has 1 fully saturated rings. The molecular weight excluding hydrogens is 258 g/mol. The van der Waals surface area contributed by atoms with Gasteiger partial charge in [0.25, 0.3) is 0 Å². The molecule has 0 aromatic carbocycles. The van der Waals surface area contributed by atoms with Crippen LogP contribution in [-0.2, 0) is 4.79 Å². The Morgan fingerprint density at radius 2 is 2.35 bits per heavy atom. The zero-order valence-electron chi connectivity index (χ0n) is 9.39. The third-order valence-electron chi connectivity index (χ3n) is 2.78. The van der Waals surface area contributed by atoms with Gasteiger partial charge in [-0.2, -0.15) is 0 Å². The van der Waals surface area contributed by atoms with Gasteiger partial charge in [0.2, 0.25) is 5.13 Å². The van der Waals surface area contributed by atoms with E-state index in [1.807, 2.05) is 0 Å². The van der Waals surface area contributed by atoms with Crippen LogP contribution in [-0.4, -0.2) is 33.6 Å². The molecule has 0 bridgehead atoms. The average Bonchev–Trinajstić information content (AvgIpc) is 2.67. The molecule has 1 aliphatic rings. The largest absolute Gasteiger partial charge is 0.481 e. The molecule has 1 aromatic rings. The molecule has 1 aliphatic carbocycles. The minimum atomic E-state index is -0.829. The van der Waals surface area contributed by atoms with Gasteiger partial charge in [0.05, 0.1) is 5.75 Å². The SMILES string of the molecule is O=C(O)CSc1nnc(NCCC2CCC2)s1. The number of carboxylic acid groups (broad SMARTS) is 1. The number of carbonyl (C=O) groups is 1. The minimum absolute atomic E-state index is 0.0384. The Kier molecular flexibility index (Phi) is 4.61. The van der Waals surface area contributed by atoms with Crippen molar-refractivity contribution in [2.75, 3.05) is 17.6 Å². The summed E-state index contributed by atoms with van der Waals surface area (Å²) in [6.45, 7) is 0.933. The van der Waals surface area contributed by atoms with E-state index in [9.17, 15) is 4.79 Å². The third-order valence-corrected chi connectivity index (χ3v) is 4.78. The number of nitrogens with zero attached hydrogens (tertiary/aromatic N) is 2. The zero-order valence-corrected chi connectivity index (χ0v) is 11.0. The van der Waals surface area contributed by atoms with Crippen molar-refractivity contribution in [3.05, 3.63) is 0 Å². The van der Waals surface area contributed by atoms with E-state index < -0.39 is 5.97 Å². The van der Waals surface area contributed by atoms with Crippen LogP contribution in [0.1, 0.15) is 25.7 Å². The lowest BCUT2D eigenvalue weighted by atomic mass is 9.83. The van der Waals surface area contributed by atoms with Gasteiger partial charge in [-0.3, -0.25) is 4.79 Å². The highest BCUT2D eigenvalue weighted by molar-refractivity contribution is 8.01. The Bertz CT molecular complexity index is 379. The first-order chi connectivity index (χ1) is 8.24. The van der Waals surface area contributed by atoms with Gasteiger partial charge >= 0.3 is 5.97 Å². The zero-order chi connectivity index (χ0) is 12.1. The second-order valence-corrected chi connectivity index (χ2v) is 6.27. The molecule has 0 amide bonds. The Hall–Kier alpha value is -0.820. The van der Waals surface area contributed by atoms with Crippen molar-refractivity contribution in [1.82, 2.24) is 10.2 Å². The standard InChI is InChI=1S/C10H15N3O2S2/c14-8(15)6-16-10-13-12-9(17-10)11-5-4-7-2-1-3-7/h7H,1-6H2,(H,11,12)(H,14,15). The normalized spacial score (nSPS) is 15.5. The van der Waals surface area contributed by atoms with Gasteiger partial charge in [0, 0.05) is 6.54 Å². The summed E-state index contributed by atoms with van der Waals surface area (Å²) in [6.07, 6.45) is 5.28. The molecule has 0 aliphatic heterocycles. The molecule has 1 aromatic heterocycles. The molecule has 1 heterocycles. The lowest BCUT2D eigenvalue weighted by molar-refractivity contribution is -0.133. The predicted molar refractivity (Wildman–Crippen MR) is 68.7 cm³/mol. The molecular formula is C10H15N3O2S2. The number of rotatable bonds is 7. The Balaban J connectivity index is 1.67. The first-order valence-electron chi connectivity index (χ1n) is 5.66. The van der Waals surface area contributed by atoms with Crippen LogP contribution in [0.15, 0.2) is 4.34 Å². The number of aliphatic carboxylic acids is 1. The number of hydrogen-bond acceptors (Lipinski definition) is 6. The molecule has 7 heteroatoms. The van der Waals surface area contributed by atoms with Gasteiger partial charge in [-0.15, -0.1) is 10.2 Å². The van der Waals surface area contributed by atoms with Crippen molar-refractivity contribution >= 4 is 34.2 Å². The maximum Gasteiger partial charge on any atom is 0.313 e. The number of anilines is 1. The molecule has 94 valence electrons. The van der Waals surface area contributed by atoms with Crippen molar-refractivity contribution in [2.45, 2.75) is 30.0 Å². The fraction of sp³-hybridized carbons (Fsp3) is 0.700. The lowest BCUT2D eigenvalue weighted by Gasteiger charge is -2.24. The Morgan fingerprint density at radius 1 is 1.53 bits per heavy atom. The summed E-state index contributed by atoms with van der Waals surface area (Å²) in [5.41, 5.74) is 0. The number of nitrogens with one attached hydrogen (secondary N) is 1. The first-order valence-corrected chi connectivity index (χ1v) is 7.46. The van der Waals surface area contributed by atoms with Crippen LogP contribution < -0.4 is 5.32 Å². The van der Waals surface area contributed by atoms with Crippen LogP contribution in [0.3, 0.4) is 0 Å². The van der Waals surface area contributed by atoms with E-state index in [-0.39, 0.29) is 5.75 Å². The van der Waals surface area contributed by atoms with Crippen LogP contribution in [0.2, 0.25) is 0 Å². The van der Waals surface area contributed by atoms with E-state index in [4.69, 9.17) is 5.11 Å². The van der Waals surface area contributed by atoms with Gasteiger partial charge in [-0.1, -0.05) is 42.4 Å². The maximum absolute atomic E-state index is 10.4. The summed E-state index contributed by atoms with van der Waals surface area (Å²) in [7, 11) is 0. The van der Waals surface area contributed by atoms with Crippen LogP contribution in [0.5, 0.6) is 0 Å². The van der Waals surface area contributed by atoms with Gasteiger partial charge < -0.3 is 10.4 Å². The average molecular weight is 273 g/mol. The first kappa shape index (κ1) is 12.6. The van der Waals surface area contributed by atoms with E-state index in [2.05, 4.69) is 15.5 Å². The van der Waals surface area contributed by atoms with Crippen molar-refractivity contribution in [1.29, 1.82) is 0 Å². The fourth-order valence-electron chi connectivity index (χ4n) is 1.63. The topological polar surface area (TPSA) is 75.1 Å². The minimum Gasteiger partial charge on any atom is -0.481 e. The fourth-order valence-corrected chi connectivity index (χ4v) is 3.13. The van der Waals surface area contributed by atoms with E-state index >= 15 is 0 Å². The monoisotopic (exact) mass is 273 g/mol.